The van der Waals surface area contributed by atoms with E-state index in [2.05, 4.69) is 15.5 Å². The Labute approximate surface area is 120 Å². The Morgan fingerprint density at radius 1 is 1.47 bits per heavy atom. The molecule has 1 aliphatic rings. The number of nitrogens with one attached hydrogen (secondary N) is 1. The highest BCUT2D eigenvalue weighted by Crippen LogP contribution is 2.22. The minimum atomic E-state index is -0.245. The Morgan fingerprint density at radius 2 is 2.37 bits per heavy atom. The topological polar surface area (TPSA) is 51.0 Å². The highest BCUT2D eigenvalue weighted by molar-refractivity contribution is 7.99. The summed E-state index contributed by atoms with van der Waals surface area (Å²) in [5.74, 6) is 2.82. The average Bonchev–Trinajstić information content (AvgIpc) is 2.98. The largest absolute Gasteiger partial charge is 0.338 e. The van der Waals surface area contributed by atoms with Gasteiger partial charge in [0.05, 0.1) is 6.04 Å². The molecule has 19 heavy (non-hydrogen) atoms. The highest BCUT2D eigenvalue weighted by atomic mass is 35.5. The standard InChI is InChI=1S/C12H12FN3OS.ClH/c13-9-3-1-2-8(4-9)5-11-15-12(17-16-11)10-6-18-7-14-10;/h1-4,10,14H,5-7H2;1H. The smallest absolute Gasteiger partial charge is 0.244 e. The van der Waals surface area contributed by atoms with Crippen LogP contribution in [0.4, 0.5) is 4.39 Å². The van der Waals surface area contributed by atoms with Crippen molar-refractivity contribution in [1.82, 2.24) is 15.5 Å². The SMILES string of the molecule is Cl.Fc1cccc(Cc2noc(C3CSCN3)n2)c1. The minimum Gasteiger partial charge on any atom is -0.338 e. The molecule has 1 atom stereocenters. The first-order valence-corrected chi connectivity index (χ1v) is 6.85. The van der Waals surface area contributed by atoms with Crippen LogP contribution >= 0.6 is 24.2 Å². The monoisotopic (exact) mass is 301 g/mol. The van der Waals surface area contributed by atoms with E-state index in [9.17, 15) is 4.39 Å². The number of hydrogen-bond acceptors (Lipinski definition) is 5. The van der Waals surface area contributed by atoms with Gasteiger partial charge in [0.2, 0.25) is 5.89 Å². The van der Waals surface area contributed by atoms with E-state index in [-0.39, 0.29) is 24.3 Å². The molecule has 3 rings (SSSR count). The summed E-state index contributed by atoms with van der Waals surface area (Å²) in [5.41, 5.74) is 0.844. The van der Waals surface area contributed by atoms with Crippen molar-refractivity contribution in [3.8, 4) is 0 Å². The van der Waals surface area contributed by atoms with Gasteiger partial charge in [-0.05, 0) is 17.7 Å². The van der Waals surface area contributed by atoms with Gasteiger partial charge in [-0.15, -0.1) is 24.2 Å². The lowest BCUT2D eigenvalue weighted by Crippen LogP contribution is -2.14. The number of halogens is 2. The van der Waals surface area contributed by atoms with Crippen LogP contribution in [0.15, 0.2) is 28.8 Å². The van der Waals surface area contributed by atoms with Crippen molar-refractivity contribution < 1.29 is 8.91 Å². The summed E-state index contributed by atoms with van der Waals surface area (Å²) in [7, 11) is 0. The van der Waals surface area contributed by atoms with Gasteiger partial charge in [0.25, 0.3) is 0 Å². The zero-order valence-corrected chi connectivity index (χ0v) is 11.6. The second kappa shape index (κ2) is 6.36. The van der Waals surface area contributed by atoms with Gasteiger partial charge in [-0.2, -0.15) is 4.98 Å². The van der Waals surface area contributed by atoms with Crippen LogP contribution in [0.1, 0.15) is 23.3 Å². The van der Waals surface area contributed by atoms with E-state index in [1.165, 1.54) is 12.1 Å². The molecule has 7 heteroatoms. The van der Waals surface area contributed by atoms with Crippen molar-refractivity contribution in [2.45, 2.75) is 12.5 Å². The number of hydrogen-bond donors (Lipinski definition) is 1. The first-order valence-electron chi connectivity index (χ1n) is 5.69. The third kappa shape index (κ3) is 3.46. The van der Waals surface area contributed by atoms with Crippen LogP contribution in [0.5, 0.6) is 0 Å². The van der Waals surface area contributed by atoms with Crippen LogP contribution in [0.25, 0.3) is 0 Å². The Morgan fingerprint density at radius 3 is 3.11 bits per heavy atom. The third-order valence-corrected chi connectivity index (χ3v) is 3.69. The Hall–Kier alpha value is -1.11. The predicted molar refractivity (Wildman–Crippen MR) is 74.0 cm³/mol. The molecular formula is C12H13ClFN3OS. The lowest BCUT2D eigenvalue weighted by atomic mass is 10.1. The van der Waals surface area contributed by atoms with E-state index < -0.39 is 0 Å². The summed E-state index contributed by atoms with van der Waals surface area (Å²) in [6.45, 7) is 0. The van der Waals surface area contributed by atoms with Crippen LogP contribution in [0.2, 0.25) is 0 Å². The molecule has 4 nitrogen and oxygen atoms in total. The molecule has 1 saturated heterocycles. The molecule has 1 fully saturated rings. The van der Waals surface area contributed by atoms with Crippen molar-refractivity contribution >= 4 is 24.2 Å². The fourth-order valence-electron chi connectivity index (χ4n) is 1.86. The number of benzene rings is 1. The van der Waals surface area contributed by atoms with Crippen molar-refractivity contribution in [3.05, 3.63) is 47.4 Å². The molecule has 0 bridgehead atoms. The normalized spacial score (nSPS) is 18.3. The van der Waals surface area contributed by atoms with Crippen LogP contribution < -0.4 is 5.32 Å². The molecule has 102 valence electrons. The maximum Gasteiger partial charge on any atom is 0.244 e. The molecule has 0 amide bonds. The summed E-state index contributed by atoms with van der Waals surface area (Å²) >= 11 is 1.80. The van der Waals surface area contributed by atoms with Crippen molar-refractivity contribution in [2.75, 3.05) is 11.6 Å². The number of thioether (sulfide) groups is 1. The summed E-state index contributed by atoms with van der Waals surface area (Å²) in [5, 5.41) is 7.19. The van der Waals surface area contributed by atoms with Gasteiger partial charge in [0.1, 0.15) is 5.82 Å². The Bertz CT molecular complexity index is 545. The molecule has 1 unspecified atom stereocenters. The molecule has 0 aliphatic carbocycles. The molecular weight excluding hydrogens is 289 g/mol. The lowest BCUT2D eigenvalue weighted by molar-refractivity contribution is 0.347. The van der Waals surface area contributed by atoms with Crippen LogP contribution in [-0.2, 0) is 6.42 Å². The summed E-state index contributed by atoms with van der Waals surface area (Å²) in [6, 6.07) is 6.58. The number of nitrogens with zero attached hydrogens (tertiary/aromatic N) is 2. The second-order valence-corrected chi connectivity index (χ2v) is 5.16. The Balaban J connectivity index is 0.00000133. The summed E-state index contributed by atoms with van der Waals surface area (Å²) in [4.78, 5) is 4.34. The third-order valence-electron chi connectivity index (χ3n) is 2.75. The Kier molecular flexibility index (Phi) is 4.79. The van der Waals surface area contributed by atoms with Crippen molar-refractivity contribution in [2.24, 2.45) is 0 Å². The van der Waals surface area contributed by atoms with Crippen LogP contribution in [0, 0.1) is 5.82 Å². The second-order valence-electron chi connectivity index (χ2n) is 4.13. The molecule has 1 aromatic carbocycles. The number of aromatic nitrogens is 2. The first kappa shape index (κ1) is 14.3. The van der Waals surface area contributed by atoms with Gasteiger partial charge in [0, 0.05) is 18.1 Å². The minimum absolute atomic E-state index is 0. The average molecular weight is 302 g/mol. The summed E-state index contributed by atoms with van der Waals surface area (Å²) in [6.07, 6.45) is 0.487. The molecule has 2 aromatic rings. The van der Waals surface area contributed by atoms with Crippen LogP contribution in [0.3, 0.4) is 0 Å². The van der Waals surface area contributed by atoms with Crippen molar-refractivity contribution in [1.29, 1.82) is 0 Å². The predicted octanol–water partition coefficient (Wildman–Crippen LogP) is 2.56. The quantitative estimate of drug-likeness (QED) is 0.944. The maximum absolute atomic E-state index is 13.0. The fourth-order valence-corrected chi connectivity index (χ4v) is 2.80. The van der Waals surface area contributed by atoms with Gasteiger partial charge < -0.3 is 4.52 Å². The van der Waals surface area contributed by atoms with Crippen molar-refractivity contribution in [3.63, 3.8) is 0 Å². The molecule has 1 N–H and O–H groups in total. The molecule has 0 saturated carbocycles. The zero-order valence-electron chi connectivity index (χ0n) is 10.0. The van der Waals surface area contributed by atoms with E-state index in [4.69, 9.17) is 4.52 Å². The van der Waals surface area contributed by atoms with E-state index in [1.807, 2.05) is 6.07 Å². The molecule has 1 aliphatic heterocycles. The van der Waals surface area contributed by atoms with E-state index in [0.29, 0.717) is 18.1 Å². The molecule has 2 heterocycles. The fraction of sp³-hybridized carbons (Fsp3) is 0.333. The van der Waals surface area contributed by atoms with E-state index in [0.717, 1.165) is 17.2 Å². The zero-order chi connectivity index (χ0) is 12.4. The number of rotatable bonds is 3. The van der Waals surface area contributed by atoms with Gasteiger partial charge in [-0.3, -0.25) is 5.32 Å². The van der Waals surface area contributed by atoms with Gasteiger partial charge in [0.15, 0.2) is 5.82 Å². The van der Waals surface area contributed by atoms with Gasteiger partial charge in [-0.25, -0.2) is 4.39 Å². The molecule has 0 radical (unpaired) electrons. The van der Waals surface area contributed by atoms with E-state index in [1.54, 1.807) is 17.8 Å². The maximum atomic E-state index is 13.0. The van der Waals surface area contributed by atoms with E-state index >= 15 is 0 Å². The van der Waals surface area contributed by atoms with Gasteiger partial charge in [-0.1, -0.05) is 17.3 Å². The van der Waals surface area contributed by atoms with Gasteiger partial charge >= 0.3 is 0 Å². The lowest BCUT2D eigenvalue weighted by Gasteiger charge is -2.00. The first-order chi connectivity index (χ1) is 8.81. The highest BCUT2D eigenvalue weighted by Gasteiger charge is 2.22. The molecule has 0 spiro atoms. The molecule has 1 aromatic heterocycles. The summed E-state index contributed by atoms with van der Waals surface area (Å²) < 4.78 is 18.3. The van der Waals surface area contributed by atoms with Crippen LogP contribution in [-0.4, -0.2) is 21.8 Å².